The van der Waals surface area contributed by atoms with Crippen molar-refractivity contribution in [1.29, 1.82) is 0 Å². The van der Waals surface area contributed by atoms with Crippen molar-refractivity contribution < 1.29 is 9.84 Å². The van der Waals surface area contributed by atoms with E-state index in [0.717, 1.165) is 24.3 Å². The van der Waals surface area contributed by atoms with Gasteiger partial charge in [0.15, 0.2) is 0 Å². The molecule has 1 N–H and O–H groups in total. The van der Waals surface area contributed by atoms with E-state index in [4.69, 9.17) is 9.84 Å². The van der Waals surface area contributed by atoms with Crippen molar-refractivity contribution in [3.63, 3.8) is 0 Å². The zero-order valence-corrected chi connectivity index (χ0v) is 9.67. The van der Waals surface area contributed by atoms with Crippen LogP contribution in [-0.4, -0.2) is 11.7 Å². The summed E-state index contributed by atoms with van der Waals surface area (Å²) in [7, 11) is 0. The maximum absolute atomic E-state index is 8.80. The van der Waals surface area contributed by atoms with Crippen molar-refractivity contribution in [2.24, 2.45) is 0 Å². The van der Waals surface area contributed by atoms with Crippen molar-refractivity contribution in [1.82, 2.24) is 0 Å². The molecule has 0 aliphatic heterocycles. The molecule has 0 spiro atoms. The molecule has 0 saturated carbocycles. The van der Waals surface area contributed by atoms with Crippen molar-refractivity contribution in [3.05, 3.63) is 60.2 Å². The predicted molar refractivity (Wildman–Crippen MR) is 68.4 cm³/mol. The number of aliphatic hydroxyl groups excluding tert-OH is 1. The van der Waals surface area contributed by atoms with Gasteiger partial charge in [-0.15, -0.1) is 0 Å². The van der Waals surface area contributed by atoms with E-state index in [9.17, 15) is 0 Å². The van der Waals surface area contributed by atoms with Gasteiger partial charge in [0, 0.05) is 6.61 Å². The van der Waals surface area contributed by atoms with Crippen molar-refractivity contribution in [3.8, 4) is 11.5 Å². The van der Waals surface area contributed by atoms with Crippen molar-refractivity contribution >= 4 is 0 Å². The highest BCUT2D eigenvalue weighted by Gasteiger charge is 1.98. The fourth-order valence-electron chi connectivity index (χ4n) is 1.67. The lowest BCUT2D eigenvalue weighted by Gasteiger charge is -2.07. The highest BCUT2D eigenvalue weighted by Crippen LogP contribution is 2.22. The van der Waals surface area contributed by atoms with Gasteiger partial charge in [0.25, 0.3) is 0 Å². The molecule has 0 aliphatic rings. The monoisotopic (exact) mass is 228 g/mol. The molecule has 2 heteroatoms. The van der Waals surface area contributed by atoms with Gasteiger partial charge in [0.1, 0.15) is 11.5 Å². The first-order valence-electron chi connectivity index (χ1n) is 5.81. The van der Waals surface area contributed by atoms with Gasteiger partial charge >= 0.3 is 0 Å². The van der Waals surface area contributed by atoms with Crippen LogP contribution in [0.4, 0.5) is 0 Å². The third-order valence-corrected chi connectivity index (χ3v) is 2.50. The molecule has 2 aromatic rings. The number of hydrogen-bond acceptors (Lipinski definition) is 2. The maximum atomic E-state index is 8.80. The summed E-state index contributed by atoms with van der Waals surface area (Å²) in [6.45, 7) is 0.226. The van der Waals surface area contributed by atoms with E-state index in [1.165, 1.54) is 5.56 Å². The molecule has 2 rings (SSSR count). The quantitative estimate of drug-likeness (QED) is 0.849. The standard InChI is InChI=1S/C15H16O2/c16-11-5-7-13-6-4-10-15(12-13)17-14-8-2-1-3-9-14/h1-4,6,8-10,12,16H,5,7,11H2. The van der Waals surface area contributed by atoms with Crippen molar-refractivity contribution in [2.45, 2.75) is 12.8 Å². The second-order valence-electron chi connectivity index (χ2n) is 3.89. The molecule has 0 bridgehead atoms. The Morgan fingerprint density at radius 1 is 0.882 bits per heavy atom. The molecule has 88 valence electrons. The number of benzene rings is 2. The molecule has 0 heterocycles. The Labute approximate surface area is 101 Å². The Morgan fingerprint density at radius 3 is 2.41 bits per heavy atom. The lowest BCUT2D eigenvalue weighted by atomic mass is 10.1. The molecule has 0 atom stereocenters. The number of hydrogen-bond donors (Lipinski definition) is 1. The summed E-state index contributed by atoms with van der Waals surface area (Å²) < 4.78 is 5.74. The van der Waals surface area contributed by atoms with E-state index in [0.29, 0.717) is 0 Å². The number of ether oxygens (including phenoxy) is 1. The van der Waals surface area contributed by atoms with E-state index in [1.807, 2.05) is 54.6 Å². The molecule has 17 heavy (non-hydrogen) atoms. The molecule has 0 fully saturated rings. The van der Waals surface area contributed by atoms with Crippen LogP contribution in [0.25, 0.3) is 0 Å². The van der Waals surface area contributed by atoms with Gasteiger partial charge in [-0.3, -0.25) is 0 Å². The number of aliphatic hydroxyl groups is 1. The predicted octanol–water partition coefficient (Wildman–Crippen LogP) is 3.40. The molecule has 0 aromatic heterocycles. The summed E-state index contributed by atoms with van der Waals surface area (Å²) in [6.07, 6.45) is 1.66. The summed E-state index contributed by atoms with van der Waals surface area (Å²) in [5.74, 6) is 1.68. The summed E-state index contributed by atoms with van der Waals surface area (Å²) >= 11 is 0. The van der Waals surface area contributed by atoms with Crippen LogP contribution in [0.15, 0.2) is 54.6 Å². The molecule has 0 amide bonds. The Bertz CT molecular complexity index is 451. The van der Waals surface area contributed by atoms with E-state index >= 15 is 0 Å². The second kappa shape index (κ2) is 6.06. The van der Waals surface area contributed by atoms with Gasteiger partial charge in [-0.05, 0) is 42.7 Å². The van der Waals surface area contributed by atoms with Crippen LogP contribution in [0, 0.1) is 0 Å². The van der Waals surface area contributed by atoms with E-state index < -0.39 is 0 Å². The normalized spacial score (nSPS) is 10.2. The molecule has 0 radical (unpaired) electrons. The molecule has 0 aliphatic carbocycles. The average Bonchev–Trinajstić information content (AvgIpc) is 2.38. The first-order chi connectivity index (χ1) is 8.38. The highest BCUT2D eigenvalue weighted by atomic mass is 16.5. The number of para-hydroxylation sites is 1. The minimum absolute atomic E-state index is 0.226. The smallest absolute Gasteiger partial charge is 0.127 e. The Hall–Kier alpha value is -1.80. The molecule has 0 saturated heterocycles. The largest absolute Gasteiger partial charge is 0.457 e. The van der Waals surface area contributed by atoms with Crippen LogP contribution in [-0.2, 0) is 6.42 Å². The first-order valence-corrected chi connectivity index (χ1v) is 5.81. The van der Waals surface area contributed by atoms with Gasteiger partial charge < -0.3 is 9.84 Å². The third kappa shape index (κ3) is 3.61. The lowest BCUT2D eigenvalue weighted by molar-refractivity contribution is 0.288. The number of aryl methyl sites for hydroxylation is 1. The van der Waals surface area contributed by atoms with Gasteiger partial charge in [0.05, 0.1) is 0 Å². The zero-order chi connectivity index (χ0) is 11.9. The summed E-state index contributed by atoms with van der Waals surface area (Å²) in [5, 5.41) is 8.80. The Kier molecular flexibility index (Phi) is 4.17. The van der Waals surface area contributed by atoms with E-state index in [2.05, 4.69) is 0 Å². The molecule has 2 nitrogen and oxygen atoms in total. The second-order valence-corrected chi connectivity index (χ2v) is 3.89. The summed E-state index contributed by atoms with van der Waals surface area (Å²) in [5.41, 5.74) is 1.19. The Balaban J connectivity index is 2.06. The van der Waals surface area contributed by atoms with Crippen LogP contribution in [0.2, 0.25) is 0 Å². The summed E-state index contributed by atoms with van der Waals surface area (Å²) in [6, 6.07) is 17.7. The fraction of sp³-hybridized carbons (Fsp3) is 0.200. The summed E-state index contributed by atoms with van der Waals surface area (Å²) in [4.78, 5) is 0. The minimum Gasteiger partial charge on any atom is -0.457 e. The molecular formula is C15H16O2. The number of rotatable bonds is 5. The van der Waals surface area contributed by atoms with E-state index in [1.54, 1.807) is 0 Å². The Morgan fingerprint density at radius 2 is 1.65 bits per heavy atom. The topological polar surface area (TPSA) is 29.5 Å². The van der Waals surface area contributed by atoms with Gasteiger partial charge in [0.2, 0.25) is 0 Å². The molecule has 2 aromatic carbocycles. The molecule has 0 unspecified atom stereocenters. The van der Waals surface area contributed by atoms with Crippen LogP contribution in [0.3, 0.4) is 0 Å². The molecular weight excluding hydrogens is 212 g/mol. The van der Waals surface area contributed by atoms with E-state index in [-0.39, 0.29) is 6.61 Å². The SMILES string of the molecule is OCCCc1cccc(Oc2ccccc2)c1. The highest BCUT2D eigenvalue weighted by molar-refractivity contribution is 5.33. The van der Waals surface area contributed by atoms with Crippen molar-refractivity contribution in [2.75, 3.05) is 6.61 Å². The third-order valence-electron chi connectivity index (χ3n) is 2.50. The van der Waals surface area contributed by atoms with Crippen LogP contribution in [0.5, 0.6) is 11.5 Å². The minimum atomic E-state index is 0.226. The maximum Gasteiger partial charge on any atom is 0.127 e. The van der Waals surface area contributed by atoms with Gasteiger partial charge in [-0.1, -0.05) is 30.3 Å². The van der Waals surface area contributed by atoms with Crippen LogP contribution >= 0.6 is 0 Å². The fourth-order valence-corrected chi connectivity index (χ4v) is 1.67. The first kappa shape index (κ1) is 11.7. The zero-order valence-electron chi connectivity index (χ0n) is 9.67. The van der Waals surface area contributed by atoms with Crippen LogP contribution < -0.4 is 4.74 Å². The van der Waals surface area contributed by atoms with Gasteiger partial charge in [-0.2, -0.15) is 0 Å². The van der Waals surface area contributed by atoms with Gasteiger partial charge in [-0.25, -0.2) is 0 Å². The average molecular weight is 228 g/mol. The lowest BCUT2D eigenvalue weighted by Crippen LogP contribution is -1.90. The van der Waals surface area contributed by atoms with Crippen LogP contribution in [0.1, 0.15) is 12.0 Å².